The van der Waals surface area contributed by atoms with Gasteiger partial charge in [0.2, 0.25) is 0 Å². The van der Waals surface area contributed by atoms with Crippen LogP contribution < -0.4 is 10.5 Å². The molecule has 0 spiro atoms. The third-order valence-corrected chi connectivity index (χ3v) is 3.67. The van der Waals surface area contributed by atoms with Crippen LogP contribution in [0.1, 0.15) is 15.9 Å². The number of benzene rings is 1. The fourth-order valence-electron chi connectivity index (χ4n) is 2.03. The Morgan fingerprint density at radius 3 is 2.67 bits per heavy atom. The van der Waals surface area contributed by atoms with Crippen LogP contribution in [0.5, 0.6) is 5.75 Å². The molecule has 0 aromatic heterocycles. The van der Waals surface area contributed by atoms with E-state index in [1.165, 1.54) is 0 Å². The number of methoxy groups -OCH3 is 1. The first kappa shape index (κ1) is 13.3. The average Bonchev–Trinajstić information content (AvgIpc) is 2.30. The quantitative estimate of drug-likeness (QED) is 0.847. The predicted molar refractivity (Wildman–Crippen MR) is 69.4 cm³/mol. The number of aryl methyl sites for hydroxylation is 1. The first-order valence-corrected chi connectivity index (χ1v) is 6.08. The predicted octanol–water partition coefficient (Wildman–Crippen LogP) is 1.82. The summed E-state index contributed by atoms with van der Waals surface area (Å²) in [6.07, 6.45) is 0. The summed E-state index contributed by atoms with van der Waals surface area (Å²) in [4.78, 5) is 12.5. The van der Waals surface area contributed by atoms with Gasteiger partial charge in [-0.1, -0.05) is 11.6 Å². The van der Waals surface area contributed by atoms with E-state index in [9.17, 15) is 4.79 Å². The van der Waals surface area contributed by atoms with Crippen LogP contribution in [-0.4, -0.2) is 32.7 Å². The molecule has 0 unspecified atom stereocenters. The van der Waals surface area contributed by atoms with Crippen LogP contribution >= 0.6 is 11.6 Å². The van der Waals surface area contributed by atoms with Gasteiger partial charge in [0, 0.05) is 12.1 Å². The van der Waals surface area contributed by atoms with E-state index in [-0.39, 0.29) is 12.3 Å². The SMILES string of the molecule is COc1cc(C)c(C(=O)C2(CN)COC2)cc1Cl. The molecular formula is C13H16ClNO3. The summed E-state index contributed by atoms with van der Waals surface area (Å²) in [7, 11) is 1.54. The zero-order valence-electron chi connectivity index (χ0n) is 10.5. The molecule has 0 aliphatic carbocycles. The molecule has 1 aliphatic heterocycles. The molecule has 1 saturated heterocycles. The highest BCUT2D eigenvalue weighted by atomic mass is 35.5. The first-order valence-electron chi connectivity index (χ1n) is 5.71. The van der Waals surface area contributed by atoms with Gasteiger partial charge in [-0.25, -0.2) is 0 Å². The third-order valence-electron chi connectivity index (χ3n) is 3.37. The molecule has 1 fully saturated rings. The lowest BCUT2D eigenvalue weighted by atomic mass is 9.77. The molecule has 1 aromatic rings. The van der Waals surface area contributed by atoms with Gasteiger partial charge in [-0.3, -0.25) is 4.79 Å². The molecule has 2 rings (SSSR count). The minimum absolute atomic E-state index is 0.00157. The summed E-state index contributed by atoms with van der Waals surface area (Å²) < 4.78 is 10.2. The second kappa shape index (κ2) is 4.88. The number of rotatable bonds is 4. The second-order valence-corrected chi connectivity index (χ2v) is 5.02. The number of ether oxygens (including phenoxy) is 2. The van der Waals surface area contributed by atoms with Gasteiger partial charge >= 0.3 is 0 Å². The monoisotopic (exact) mass is 269 g/mol. The van der Waals surface area contributed by atoms with Crippen molar-refractivity contribution in [2.45, 2.75) is 6.92 Å². The molecule has 98 valence electrons. The molecule has 1 aliphatic rings. The standard InChI is InChI=1S/C13H16ClNO3/c1-8-3-11(17-2)10(14)4-9(8)12(16)13(5-15)6-18-7-13/h3-4H,5-7,15H2,1-2H3. The molecule has 5 heteroatoms. The van der Waals surface area contributed by atoms with Gasteiger partial charge in [0.05, 0.1) is 30.8 Å². The molecule has 0 atom stereocenters. The van der Waals surface area contributed by atoms with Crippen molar-refractivity contribution in [2.75, 3.05) is 26.9 Å². The van der Waals surface area contributed by atoms with Crippen molar-refractivity contribution in [1.29, 1.82) is 0 Å². The lowest BCUT2D eigenvalue weighted by Crippen LogP contribution is -2.54. The maximum atomic E-state index is 12.5. The van der Waals surface area contributed by atoms with E-state index in [1.807, 2.05) is 6.92 Å². The Kier molecular flexibility index (Phi) is 3.61. The van der Waals surface area contributed by atoms with E-state index in [4.69, 9.17) is 26.8 Å². The Bertz CT molecular complexity index is 478. The average molecular weight is 270 g/mol. The largest absolute Gasteiger partial charge is 0.495 e. The Hall–Kier alpha value is -1.10. The highest BCUT2D eigenvalue weighted by molar-refractivity contribution is 6.32. The van der Waals surface area contributed by atoms with Crippen molar-refractivity contribution in [1.82, 2.24) is 0 Å². The number of nitrogens with two attached hydrogens (primary N) is 1. The molecule has 2 N–H and O–H groups in total. The van der Waals surface area contributed by atoms with E-state index >= 15 is 0 Å². The molecule has 0 amide bonds. The van der Waals surface area contributed by atoms with Crippen molar-refractivity contribution in [3.63, 3.8) is 0 Å². The van der Waals surface area contributed by atoms with Crippen LogP contribution in [0.15, 0.2) is 12.1 Å². The summed E-state index contributed by atoms with van der Waals surface area (Å²) in [5, 5.41) is 0.430. The van der Waals surface area contributed by atoms with Crippen LogP contribution in [0, 0.1) is 12.3 Å². The van der Waals surface area contributed by atoms with E-state index < -0.39 is 5.41 Å². The van der Waals surface area contributed by atoms with Gasteiger partial charge in [0.15, 0.2) is 5.78 Å². The minimum atomic E-state index is -0.581. The van der Waals surface area contributed by atoms with Crippen molar-refractivity contribution in [3.05, 3.63) is 28.3 Å². The summed E-state index contributed by atoms with van der Waals surface area (Å²) in [5.41, 5.74) is 6.54. The van der Waals surface area contributed by atoms with Gasteiger partial charge in [0.25, 0.3) is 0 Å². The van der Waals surface area contributed by atoms with Crippen LogP contribution in [0.4, 0.5) is 0 Å². The molecule has 1 aromatic carbocycles. The Balaban J connectivity index is 2.39. The topological polar surface area (TPSA) is 61.5 Å². The van der Waals surface area contributed by atoms with E-state index in [0.717, 1.165) is 5.56 Å². The number of halogens is 1. The zero-order valence-corrected chi connectivity index (χ0v) is 11.2. The van der Waals surface area contributed by atoms with Gasteiger partial charge in [-0.05, 0) is 24.6 Å². The summed E-state index contributed by atoms with van der Waals surface area (Å²) in [6.45, 7) is 2.90. The number of ketones is 1. The second-order valence-electron chi connectivity index (χ2n) is 4.61. The molecule has 1 heterocycles. The molecule has 0 radical (unpaired) electrons. The Morgan fingerprint density at radius 2 is 2.22 bits per heavy atom. The molecule has 0 saturated carbocycles. The fraction of sp³-hybridized carbons (Fsp3) is 0.462. The zero-order chi connectivity index (χ0) is 13.3. The van der Waals surface area contributed by atoms with Crippen molar-refractivity contribution >= 4 is 17.4 Å². The van der Waals surface area contributed by atoms with Crippen molar-refractivity contribution in [2.24, 2.45) is 11.1 Å². The number of carbonyl (C=O) groups excluding carboxylic acids is 1. The number of hydrogen-bond donors (Lipinski definition) is 1. The van der Waals surface area contributed by atoms with Gasteiger partial charge < -0.3 is 15.2 Å². The number of Topliss-reactive ketones (excluding diaryl/α,β-unsaturated/α-hetero) is 1. The Morgan fingerprint density at radius 1 is 1.56 bits per heavy atom. The van der Waals surface area contributed by atoms with Crippen LogP contribution in [0.25, 0.3) is 0 Å². The smallest absolute Gasteiger partial charge is 0.175 e. The van der Waals surface area contributed by atoms with Crippen molar-refractivity contribution < 1.29 is 14.3 Å². The number of carbonyl (C=O) groups is 1. The first-order chi connectivity index (χ1) is 8.54. The fourth-order valence-corrected chi connectivity index (χ4v) is 2.27. The Labute approximate surface area is 111 Å². The highest BCUT2D eigenvalue weighted by Crippen LogP contribution is 2.35. The van der Waals surface area contributed by atoms with Crippen LogP contribution in [0.2, 0.25) is 5.02 Å². The summed E-state index contributed by atoms with van der Waals surface area (Å²) in [6, 6.07) is 3.41. The molecular weight excluding hydrogens is 254 g/mol. The summed E-state index contributed by atoms with van der Waals surface area (Å²) in [5.74, 6) is 0.565. The third kappa shape index (κ3) is 2.00. The highest BCUT2D eigenvalue weighted by Gasteiger charge is 2.45. The van der Waals surface area contributed by atoms with Crippen molar-refractivity contribution in [3.8, 4) is 5.75 Å². The maximum absolute atomic E-state index is 12.5. The van der Waals surface area contributed by atoms with E-state index in [1.54, 1.807) is 19.2 Å². The summed E-state index contributed by atoms with van der Waals surface area (Å²) >= 11 is 6.06. The van der Waals surface area contributed by atoms with Crippen LogP contribution in [-0.2, 0) is 4.74 Å². The van der Waals surface area contributed by atoms with Gasteiger partial charge in [-0.15, -0.1) is 0 Å². The number of hydrogen-bond acceptors (Lipinski definition) is 4. The molecule has 0 bridgehead atoms. The molecule has 4 nitrogen and oxygen atoms in total. The lowest BCUT2D eigenvalue weighted by molar-refractivity contribution is -0.0816. The van der Waals surface area contributed by atoms with Gasteiger partial charge in [0.1, 0.15) is 5.75 Å². The normalized spacial score (nSPS) is 17.1. The minimum Gasteiger partial charge on any atom is -0.495 e. The molecule has 18 heavy (non-hydrogen) atoms. The lowest BCUT2D eigenvalue weighted by Gasteiger charge is -2.39. The van der Waals surface area contributed by atoms with Crippen LogP contribution in [0.3, 0.4) is 0 Å². The maximum Gasteiger partial charge on any atom is 0.175 e. The van der Waals surface area contributed by atoms with E-state index in [2.05, 4.69) is 0 Å². The van der Waals surface area contributed by atoms with E-state index in [0.29, 0.717) is 29.5 Å². The van der Waals surface area contributed by atoms with Gasteiger partial charge in [-0.2, -0.15) is 0 Å².